The first-order valence-electron chi connectivity index (χ1n) is 12.1. The van der Waals surface area contributed by atoms with Gasteiger partial charge < -0.3 is 9.47 Å². The normalized spacial score (nSPS) is 14.4. The number of carbonyl (C=O) groups is 4. The van der Waals surface area contributed by atoms with Gasteiger partial charge in [-0.1, -0.05) is 23.8 Å². The van der Waals surface area contributed by atoms with Crippen LogP contribution in [-0.2, 0) is 14.4 Å². The summed E-state index contributed by atoms with van der Waals surface area (Å²) in [6.07, 6.45) is 3.92. The molecule has 4 amide bonds. The number of non-ortho nitro benzene ring substituents is 1. The third-order valence-corrected chi connectivity index (χ3v) is 5.70. The predicted molar refractivity (Wildman–Crippen MR) is 146 cm³/mol. The summed E-state index contributed by atoms with van der Waals surface area (Å²) in [7, 11) is 0. The number of barbiturate groups is 1. The first-order valence-corrected chi connectivity index (χ1v) is 12.1. The largest absolute Gasteiger partial charge is 0.490 e. The Balaban J connectivity index is 1.55. The lowest BCUT2D eigenvalue weighted by Gasteiger charge is -2.26. The number of anilines is 1. The zero-order valence-electron chi connectivity index (χ0n) is 21.5. The summed E-state index contributed by atoms with van der Waals surface area (Å²) >= 11 is 0. The maximum absolute atomic E-state index is 13.1. The molecule has 202 valence electrons. The van der Waals surface area contributed by atoms with Crippen molar-refractivity contribution in [2.75, 3.05) is 11.5 Å². The zero-order valence-corrected chi connectivity index (χ0v) is 21.5. The summed E-state index contributed by atoms with van der Waals surface area (Å²) < 4.78 is 11.0. The Hall–Kier alpha value is -5.58. The summed E-state index contributed by atoms with van der Waals surface area (Å²) in [5.41, 5.74) is 1.86. The molecule has 3 aromatic carbocycles. The van der Waals surface area contributed by atoms with Crippen LogP contribution in [0.2, 0.25) is 0 Å². The third kappa shape index (κ3) is 6.27. The molecule has 11 heteroatoms. The maximum Gasteiger partial charge on any atom is 0.336 e. The van der Waals surface area contributed by atoms with Crippen LogP contribution in [0.4, 0.5) is 16.2 Å². The van der Waals surface area contributed by atoms with E-state index in [9.17, 15) is 29.3 Å². The molecule has 0 atom stereocenters. The lowest BCUT2D eigenvalue weighted by atomic mass is 10.1. The van der Waals surface area contributed by atoms with Gasteiger partial charge in [0, 0.05) is 18.2 Å². The van der Waals surface area contributed by atoms with Crippen molar-refractivity contribution in [3.05, 3.63) is 105 Å². The minimum Gasteiger partial charge on any atom is -0.490 e. The molecule has 11 nitrogen and oxygen atoms in total. The Labute approximate surface area is 228 Å². The lowest BCUT2D eigenvalue weighted by molar-refractivity contribution is -0.384. The number of nitro groups is 1. The molecular weight excluding hydrogens is 518 g/mol. The van der Waals surface area contributed by atoms with E-state index in [1.54, 1.807) is 31.2 Å². The maximum atomic E-state index is 13.1. The number of esters is 1. The van der Waals surface area contributed by atoms with E-state index in [0.717, 1.165) is 16.5 Å². The summed E-state index contributed by atoms with van der Waals surface area (Å²) in [5.74, 6) is -2.08. The van der Waals surface area contributed by atoms with E-state index >= 15 is 0 Å². The Morgan fingerprint density at radius 3 is 2.30 bits per heavy atom. The highest BCUT2D eigenvalue weighted by molar-refractivity contribution is 6.39. The topological polar surface area (TPSA) is 145 Å². The molecule has 0 aliphatic carbocycles. The second kappa shape index (κ2) is 11.9. The van der Waals surface area contributed by atoms with Gasteiger partial charge in [-0.2, -0.15) is 0 Å². The number of ether oxygens (including phenoxy) is 2. The van der Waals surface area contributed by atoms with E-state index in [-0.39, 0.29) is 29.4 Å². The van der Waals surface area contributed by atoms with Crippen LogP contribution in [-0.4, -0.2) is 35.3 Å². The standard InChI is InChI=1S/C29H23N3O8/c1-3-39-25-17-20(8-14-24(25)40-26(33)15-9-19-6-12-22(13-7-19)32(37)38)16-23-27(34)30-29(36)31(28(23)35)21-10-4-18(2)5-11-21/h4-17H,3H2,1-2H3,(H,30,34,36)/b15-9+,23-16+. The van der Waals surface area contributed by atoms with Crippen molar-refractivity contribution in [3.63, 3.8) is 0 Å². The Morgan fingerprint density at radius 2 is 1.65 bits per heavy atom. The lowest BCUT2D eigenvalue weighted by Crippen LogP contribution is -2.54. The minimum absolute atomic E-state index is 0.0713. The van der Waals surface area contributed by atoms with E-state index in [0.29, 0.717) is 16.8 Å². The second-order valence-corrected chi connectivity index (χ2v) is 8.54. The van der Waals surface area contributed by atoms with Crippen molar-refractivity contribution < 1.29 is 33.6 Å². The van der Waals surface area contributed by atoms with Crippen LogP contribution in [0, 0.1) is 17.0 Å². The first-order chi connectivity index (χ1) is 19.2. The van der Waals surface area contributed by atoms with E-state index < -0.39 is 28.7 Å². The highest BCUT2D eigenvalue weighted by Gasteiger charge is 2.36. The van der Waals surface area contributed by atoms with Gasteiger partial charge in [0.2, 0.25) is 0 Å². The monoisotopic (exact) mass is 541 g/mol. The molecule has 0 radical (unpaired) electrons. The quantitative estimate of drug-likeness (QED) is 0.109. The molecule has 1 aliphatic rings. The number of nitrogens with one attached hydrogen (secondary N) is 1. The van der Waals surface area contributed by atoms with Gasteiger partial charge in [0.15, 0.2) is 11.5 Å². The molecule has 1 N–H and O–H groups in total. The van der Waals surface area contributed by atoms with E-state index in [4.69, 9.17) is 9.47 Å². The molecule has 1 fully saturated rings. The summed E-state index contributed by atoms with van der Waals surface area (Å²) in [6.45, 7) is 3.83. The van der Waals surface area contributed by atoms with Crippen molar-refractivity contribution in [2.45, 2.75) is 13.8 Å². The van der Waals surface area contributed by atoms with Crippen LogP contribution in [0.3, 0.4) is 0 Å². The first kappa shape index (κ1) is 27.5. The highest BCUT2D eigenvalue weighted by atomic mass is 16.6. The fraction of sp³-hybridized carbons (Fsp3) is 0.103. The van der Waals surface area contributed by atoms with Crippen LogP contribution in [0.15, 0.2) is 78.4 Å². The second-order valence-electron chi connectivity index (χ2n) is 8.54. The van der Waals surface area contributed by atoms with Crippen LogP contribution < -0.4 is 19.7 Å². The van der Waals surface area contributed by atoms with Gasteiger partial charge in [-0.05, 0) is 73.5 Å². The molecule has 0 unspecified atom stereocenters. The summed E-state index contributed by atoms with van der Waals surface area (Å²) in [6, 6.07) is 15.9. The van der Waals surface area contributed by atoms with Gasteiger partial charge in [0.05, 0.1) is 17.2 Å². The van der Waals surface area contributed by atoms with Crippen LogP contribution in [0.5, 0.6) is 11.5 Å². The molecule has 4 rings (SSSR count). The number of hydrogen-bond donors (Lipinski definition) is 1. The van der Waals surface area contributed by atoms with Crippen molar-refractivity contribution >= 4 is 47.3 Å². The van der Waals surface area contributed by atoms with Gasteiger partial charge in [-0.15, -0.1) is 0 Å². The Kier molecular flexibility index (Phi) is 8.14. The molecule has 40 heavy (non-hydrogen) atoms. The zero-order chi connectivity index (χ0) is 28.8. The van der Waals surface area contributed by atoms with Gasteiger partial charge in [-0.3, -0.25) is 25.0 Å². The number of benzene rings is 3. The molecule has 0 saturated carbocycles. The number of urea groups is 1. The molecule has 0 spiro atoms. The fourth-order valence-electron chi connectivity index (χ4n) is 3.73. The van der Waals surface area contributed by atoms with Crippen molar-refractivity contribution in [1.29, 1.82) is 0 Å². The number of imide groups is 2. The van der Waals surface area contributed by atoms with Crippen LogP contribution >= 0.6 is 0 Å². The SMILES string of the molecule is CCOc1cc(/C=C2\C(=O)NC(=O)N(c3ccc(C)cc3)C2=O)ccc1OC(=O)/C=C/c1ccc([N+](=O)[O-])cc1. The van der Waals surface area contributed by atoms with Crippen molar-refractivity contribution in [2.24, 2.45) is 0 Å². The van der Waals surface area contributed by atoms with E-state index in [2.05, 4.69) is 5.32 Å². The average molecular weight is 542 g/mol. The summed E-state index contributed by atoms with van der Waals surface area (Å²) in [5, 5.41) is 13.0. The van der Waals surface area contributed by atoms with Crippen LogP contribution in [0.25, 0.3) is 12.2 Å². The average Bonchev–Trinajstić information content (AvgIpc) is 2.92. The van der Waals surface area contributed by atoms with E-state index in [1.165, 1.54) is 54.6 Å². The number of amides is 4. The Bertz CT molecular complexity index is 1560. The molecule has 1 aliphatic heterocycles. The number of nitrogens with zero attached hydrogens (tertiary/aromatic N) is 2. The van der Waals surface area contributed by atoms with Gasteiger partial charge in [0.1, 0.15) is 5.57 Å². The minimum atomic E-state index is -0.852. The van der Waals surface area contributed by atoms with Crippen LogP contribution in [0.1, 0.15) is 23.6 Å². The van der Waals surface area contributed by atoms with Gasteiger partial charge in [0.25, 0.3) is 17.5 Å². The van der Waals surface area contributed by atoms with Gasteiger partial charge in [-0.25, -0.2) is 14.5 Å². The molecule has 1 saturated heterocycles. The summed E-state index contributed by atoms with van der Waals surface area (Å²) in [4.78, 5) is 61.6. The predicted octanol–water partition coefficient (Wildman–Crippen LogP) is 4.59. The van der Waals surface area contributed by atoms with E-state index in [1.807, 2.05) is 6.92 Å². The molecule has 0 aromatic heterocycles. The molecule has 3 aromatic rings. The third-order valence-electron chi connectivity index (χ3n) is 5.70. The number of aryl methyl sites for hydroxylation is 1. The van der Waals surface area contributed by atoms with Crippen molar-refractivity contribution in [3.8, 4) is 11.5 Å². The smallest absolute Gasteiger partial charge is 0.336 e. The molecular formula is C29H23N3O8. The Morgan fingerprint density at radius 1 is 0.975 bits per heavy atom. The highest BCUT2D eigenvalue weighted by Crippen LogP contribution is 2.30. The number of nitro benzene ring substituents is 1. The fourth-order valence-corrected chi connectivity index (χ4v) is 3.73. The number of rotatable bonds is 8. The number of carbonyl (C=O) groups excluding carboxylic acids is 4. The molecule has 0 bridgehead atoms. The molecule has 1 heterocycles. The van der Waals surface area contributed by atoms with Gasteiger partial charge >= 0.3 is 12.0 Å². The number of hydrogen-bond acceptors (Lipinski definition) is 8. The van der Waals surface area contributed by atoms with Crippen molar-refractivity contribution in [1.82, 2.24) is 5.32 Å².